The molecule has 0 aliphatic rings. The van der Waals surface area contributed by atoms with E-state index >= 15 is 0 Å². The van der Waals surface area contributed by atoms with Crippen LogP contribution in [0.5, 0.6) is 11.5 Å². The van der Waals surface area contributed by atoms with Crippen molar-refractivity contribution < 1.29 is 19.4 Å². The van der Waals surface area contributed by atoms with Gasteiger partial charge in [0.05, 0.1) is 24.8 Å². The highest BCUT2D eigenvalue weighted by atomic mass is 16.5. The van der Waals surface area contributed by atoms with E-state index in [1.165, 1.54) is 19.2 Å². The molecule has 0 radical (unpaired) electrons. The van der Waals surface area contributed by atoms with Gasteiger partial charge in [-0.2, -0.15) is 5.26 Å². The summed E-state index contributed by atoms with van der Waals surface area (Å²) in [5, 5.41) is 18.3. The van der Waals surface area contributed by atoms with Gasteiger partial charge in [-0.1, -0.05) is 0 Å². The van der Waals surface area contributed by atoms with Crippen molar-refractivity contribution in [1.82, 2.24) is 0 Å². The Kier molecular flexibility index (Phi) is 3.72. The smallest absolute Gasteiger partial charge is 0.338 e. The van der Waals surface area contributed by atoms with Crippen molar-refractivity contribution in [2.45, 2.75) is 6.92 Å². The van der Waals surface area contributed by atoms with Crippen LogP contribution >= 0.6 is 0 Å². The van der Waals surface area contributed by atoms with E-state index in [4.69, 9.17) is 14.7 Å². The van der Waals surface area contributed by atoms with Gasteiger partial charge in [0.2, 0.25) is 0 Å². The molecule has 1 aromatic rings. The highest BCUT2D eigenvalue weighted by Crippen LogP contribution is 2.31. The fourth-order valence-corrected chi connectivity index (χ4v) is 1.18. The predicted octanol–water partition coefficient (Wildman–Crippen LogP) is 1.45. The van der Waals surface area contributed by atoms with Gasteiger partial charge in [0, 0.05) is 0 Å². The summed E-state index contributed by atoms with van der Waals surface area (Å²) in [5.74, 6) is -0.766. The van der Waals surface area contributed by atoms with E-state index in [-0.39, 0.29) is 29.2 Å². The number of ether oxygens (including phenoxy) is 2. The Balaban J connectivity index is 3.23. The molecular weight excluding hydrogens is 210 g/mol. The molecule has 0 saturated carbocycles. The van der Waals surface area contributed by atoms with Crippen molar-refractivity contribution in [3.05, 3.63) is 23.3 Å². The number of aromatic hydroxyl groups is 1. The minimum atomic E-state index is -0.558. The molecule has 0 amide bonds. The summed E-state index contributed by atoms with van der Waals surface area (Å²) >= 11 is 0. The SMILES string of the molecule is CCOC(=O)c1cc(C#N)c(O)c(OC)c1. The van der Waals surface area contributed by atoms with Gasteiger partial charge in [0.25, 0.3) is 0 Å². The quantitative estimate of drug-likeness (QED) is 0.781. The number of benzene rings is 1. The Morgan fingerprint density at radius 3 is 2.75 bits per heavy atom. The summed E-state index contributed by atoms with van der Waals surface area (Å²) in [5.41, 5.74) is 0.149. The lowest BCUT2D eigenvalue weighted by Crippen LogP contribution is -2.05. The maximum absolute atomic E-state index is 11.4. The molecule has 0 spiro atoms. The summed E-state index contributed by atoms with van der Waals surface area (Å²) < 4.78 is 9.63. The highest BCUT2D eigenvalue weighted by Gasteiger charge is 2.15. The van der Waals surface area contributed by atoms with E-state index < -0.39 is 5.97 Å². The van der Waals surface area contributed by atoms with Crippen LogP contribution in [0.1, 0.15) is 22.8 Å². The van der Waals surface area contributed by atoms with Crippen molar-refractivity contribution in [3.8, 4) is 17.6 Å². The van der Waals surface area contributed by atoms with Crippen LogP contribution < -0.4 is 4.74 Å². The van der Waals surface area contributed by atoms with E-state index in [0.29, 0.717) is 0 Å². The number of esters is 1. The second-order valence-corrected chi connectivity index (χ2v) is 2.91. The standard InChI is InChI=1S/C11H11NO4/c1-3-16-11(14)7-4-8(6-12)10(13)9(5-7)15-2/h4-5,13H,3H2,1-2H3. The van der Waals surface area contributed by atoms with Gasteiger partial charge in [-0.25, -0.2) is 4.79 Å². The maximum atomic E-state index is 11.4. The Hall–Kier alpha value is -2.22. The lowest BCUT2D eigenvalue weighted by molar-refractivity contribution is 0.0526. The summed E-state index contributed by atoms with van der Waals surface area (Å²) in [6.45, 7) is 1.92. The van der Waals surface area contributed by atoms with Gasteiger partial charge in [-0.05, 0) is 19.1 Å². The van der Waals surface area contributed by atoms with Crippen LogP contribution in [-0.2, 0) is 4.74 Å². The normalized spacial score (nSPS) is 9.31. The van der Waals surface area contributed by atoms with Gasteiger partial charge in [0.1, 0.15) is 6.07 Å². The van der Waals surface area contributed by atoms with Crippen LogP contribution in [0.3, 0.4) is 0 Å². The number of hydrogen-bond donors (Lipinski definition) is 1. The van der Waals surface area contributed by atoms with Gasteiger partial charge in [0.15, 0.2) is 11.5 Å². The Bertz CT molecular complexity index is 448. The molecule has 84 valence electrons. The first kappa shape index (κ1) is 11.9. The van der Waals surface area contributed by atoms with E-state index in [1.54, 1.807) is 13.0 Å². The fourth-order valence-electron chi connectivity index (χ4n) is 1.18. The van der Waals surface area contributed by atoms with E-state index in [1.807, 2.05) is 0 Å². The van der Waals surface area contributed by atoms with Crippen LogP contribution in [0, 0.1) is 11.3 Å². The fraction of sp³-hybridized carbons (Fsp3) is 0.273. The molecule has 0 aliphatic heterocycles. The molecule has 0 fully saturated rings. The number of rotatable bonds is 3. The Morgan fingerprint density at radius 2 is 2.25 bits per heavy atom. The van der Waals surface area contributed by atoms with Gasteiger partial charge in [-0.15, -0.1) is 0 Å². The Labute approximate surface area is 92.8 Å². The average Bonchev–Trinajstić information content (AvgIpc) is 2.29. The van der Waals surface area contributed by atoms with Crippen molar-refractivity contribution >= 4 is 5.97 Å². The molecule has 1 rings (SSSR count). The number of phenolic OH excluding ortho intramolecular Hbond substituents is 1. The lowest BCUT2D eigenvalue weighted by Gasteiger charge is -2.07. The average molecular weight is 221 g/mol. The number of carbonyl (C=O) groups excluding carboxylic acids is 1. The highest BCUT2D eigenvalue weighted by molar-refractivity contribution is 5.91. The topological polar surface area (TPSA) is 79.6 Å². The minimum absolute atomic E-state index is 0.0256. The molecule has 0 aliphatic carbocycles. The first-order chi connectivity index (χ1) is 7.63. The van der Waals surface area contributed by atoms with Crippen molar-refractivity contribution in [2.75, 3.05) is 13.7 Å². The van der Waals surface area contributed by atoms with Gasteiger partial charge >= 0.3 is 5.97 Å². The van der Waals surface area contributed by atoms with Crippen LogP contribution in [0.2, 0.25) is 0 Å². The van der Waals surface area contributed by atoms with Gasteiger partial charge in [-0.3, -0.25) is 0 Å². The van der Waals surface area contributed by atoms with E-state index in [2.05, 4.69) is 0 Å². The van der Waals surface area contributed by atoms with Crippen molar-refractivity contribution in [1.29, 1.82) is 5.26 Å². The molecule has 0 saturated heterocycles. The van der Waals surface area contributed by atoms with E-state index in [0.717, 1.165) is 0 Å². The summed E-state index contributed by atoms with van der Waals surface area (Å²) in [7, 11) is 1.34. The largest absolute Gasteiger partial charge is 0.503 e. The molecule has 0 heterocycles. The van der Waals surface area contributed by atoms with Crippen molar-refractivity contribution in [3.63, 3.8) is 0 Å². The molecule has 0 unspecified atom stereocenters. The third-order valence-corrected chi connectivity index (χ3v) is 1.93. The second kappa shape index (κ2) is 5.03. The first-order valence-corrected chi connectivity index (χ1v) is 4.62. The number of nitrogens with zero attached hydrogens (tertiary/aromatic N) is 1. The summed E-state index contributed by atoms with van der Waals surface area (Å²) in [4.78, 5) is 11.4. The predicted molar refractivity (Wildman–Crippen MR) is 55.3 cm³/mol. The zero-order valence-electron chi connectivity index (χ0n) is 8.98. The molecule has 0 bridgehead atoms. The van der Waals surface area contributed by atoms with Crippen LogP contribution in [0.15, 0.2) is 12.1 Å². The molecule has 5 heteroatoms. The van der Waals surface area contributed by atoms with Crippen LogP contribution in [0.4, 0.5) is 0 Å². The van der Waals surface area contributed by atoms with Crippen LogP contribution in [-0.4, -0.2) is 24.8 Å². The van der Waals surface area contributed by atoms with Crippen molar-refractivity contribution in [2.24, 2.45) is 0 Å². The number of carbonyl (C=O) groups is 1. The molecular formula is C11H11NO4. The number of methoxy groups -OCH3 is 1. The number of nitriles is 1. The summed E-state index contributed by atoms with van der Waals surface area (Å²) in [6.07, 6.45) is 0. The maximum Gasteiger partial charge on any atom is 0.338 e. The number of phenols is 1. The molecule has 0 atom stereocenters. The molecule has 1 aromatic carbocycles. The molecule has 1 N–H and O–H groups in total. The van der Waals surface area contributed by atoms with Gasteiger partial charge < -0.3 is 14.6 Å². The lowest BCUT2D eigenvalue weighted by atomic mass is 10.1. The van der Waals surface area contributed by atoms with Crippen LogP contribution in [0.25, 0.3) is 0 Å². The summed E-state index contributed by atoms with van der Waals surface area (Å²) in [6, 6.07) is 4.36. The van der Waals surface area contributed by atoms with E-state index in [9.17, 15) is 9.90 Å². The zero-order chi connectivity index (χ0) is 12.1. The third-order valence-electron chi connectivity index (χ3n) is 1.93. The number of hydrogen-bond acceptors (Lipinski definition) is 5. The minimum Gasteiger partial charge on any atom is -0.503 e. The zero-order valence-corrected chi connectivity index (χ0v) is 8.98. The Morgan fingerprint density at radius 1 is 1.56 bits per heavy atom. The molecule has 5 nitrogen and oxygen atoms in total. The monoisotopic (exact) mass is 221 g/mol. The second-order valence-electron chi connectivity index (χ2n) is 2.91. The first-order valence-electron chi connectivity index (χ1n) is 4.62. The molecule has 16 heavy (non-hydrogen) atoms. The third kappa shape index (κ3) is 2.23. The molecule has 0 aromatic heterocycles.